The average molecular weight is 248 g/mol. The van der Waals surface area contributed by atoms with Crippen LogP contribution in [0.2, 0.25) is 0 Å². The summed E-state index contributed by atoms with van der Waals surface area (Å²) in [5.41, 5.74) is 0.529. The molecule has 1 aliphatic heterocycles. The molecule has 0 bridgehead atoms. The minimum Gasteiger partial charge on any atom is -0.478 e. The van der Waals surface area contributed by atoms with Crippen LogP contribution in [0.15, 0.2) is 24.3 Å². The first kappa shape index (κ1) is 12.6. The van der Waals surface area contributed by atoms with Crippen LogP contribution in [0.25, 0.3) is 0 Å². The van der Waals surface area contributed by atoms with Crippen molar-refractivity contribution in [3.05, 3.63) is 35.4 Å². The van der Waals surface area contributed by atoms with Gasteiger partial charge in [-0.15, -0.1) is 0 Å². The smallest absolute Gasteiger partial charge is 0.335 e. The van der Waals surface area contributed by atoms with E-state index in [4.69, 9.17) is 5.11 Å². The minimum atomic E-state index is -1.02. The Bertz CT molecular complexity index is 453. The Kier molecular flexibility index (Phi) is 3.94. The lowest BCUT2D eigenvalue weighted by Gasteiger charge is -2.23. The van der Waals surface area contributed by atoms with Gasteiger partial charge in [-0.05, 0) is 44.1 Å². The Labute approximate surface area is 105 Å². The van der Waals surface area contributed by atoms with E-state index in [1.54, 1.807) is 12.1 Å². The number of rotatable bonds is 3. The van der Waals surface area contributed by atoms with Crippen molar-refractivity contribution in [3.63, 3.8) is 0 Å². The standard InChI is InChI=1S/C13H16N2O3/c16-12(15-11-4-6-14-7-5-11)9-2-1-3-10(8-9)13(17)18/h1-3,8,11,14H,4-7H2,(H,15,16)(H,17,18). The molecule has 18 heavy (non-hydrogen) atoms. The first-order chi connectivity index (χ1) is 8.66. The molecule has 1 fully saturated rings. The van der Waals surface area contributed by atoms with E-state index in [0.29, 0.717) is 5.56 Å². The van der Waals surface area contributed by atoms with Crippen molar-refractivity contribution in [1.29, 1.82) is 0 Å². The Morgan fingerprint density at radius 2 is 1.89 bits per heavy atom. The number of hydrogen-bond acceptors (Lipinski definition) is 3. The third-order valence-electron chi connectivity index (χ3n) is 3.05. The largest absolute Gasteiger partial charge is 0.478 e. The van der Waals surface area contributed by atoms with Gasteiger partial charge in [0.05, 0.1) is 5.56 Å². The molecule has 1 aromatic carbocycles. The Hall–Kier alpha value is -1.88. The molecule has 5 heteroatoms. The van der Waals surface area contributed by atoms with Crippen molar-refractivity contribution in [2.24, 2.45) is 0 Å². The number of aromatic carboxylic acids is 1. The van der Waals surface area contributed by atoms with Crippen LogP contribution < -0.4 is 10.6 Å². The maximum atomic E-state index is 12.0. The van der Waals surface area contributed by atoms with Gasteiger partial charge in [0.25, 0.3) is 5.91 Å². The van der Waals surface area contributed by atoms with E-state index in [9.17, 15) is 9.59 Å². The summed E-state index contributed by atoms with van der Waals surface area (Å²) in [5.74, 6) is -1.23. The summed E-state index contributed by atoms with van der Waals surface area (Å²) in [6, 6.07) is 6.26. The van der Waals surface area contributed by atoms with Crippen molar-refractivity contribution in [2.75, 3.05) is 13.1 Å². The van der Waals surface area contributed by atoms with Crippen molar-refractivity contribution in [1.82, 2.24) is 10.6 Å². The van der Waals surface area contributed by atoms with Gasteiger partial charge in [0.15, 0.2) is 0 Å². The zero-order valence-electron chi connectivity index (χ0n) is 9.98. The van der Waals surface area contributed by atoms with Crippen LogP contribution in [-0.2, 0) is 0 Å². The fraction of sp³-hybridized carbons (Fsp3) is 0.385. The minimum absolute atomic E-state index is 0.132. The number of carboxylic acid groups (broad SMARTS) is 1. The third-order valence-corrected chi connectivity index (χ3v) is 3.05. The van der Waals surface area contributed by atoms with Gasteiger partial charge in [0, 0.05) is 11.6 Å². The molecule has 96 valence electrons. The van der Waals surface area contributed by atoms with E-state index < -0.39 is 5.97 Å². The third kappa shape index (κ3) is 3.07. The van der Waals surface area contributed by atoms with Crippen molar-refractivity contribution >= 4 is 11.9 Å². The quantitative estimate of drug-likeness (QED) is 0.741. The molecule has 5 nitrogen and oxygen atoms in total. The summed E-state index contributed by atoms with van der Waals surface area (Å²) in [6.07, 6.45) is 1.81. The Morgan fingerprint density at radius 3 is 2.56 bits per heavy atom. The normalized spacial score (nSPS) is 16.2. The first-order valence-electron chi connectivity index (χ1n) is 6.02. The van der Waals surface area contributed by atoms with Crippen LogP contribution in [0.3, 0.4) is 0 Å². The molecule has 1 heterocycles. The van der Waals surface area contributed by atoms with Gasteiger partial charge in [-0.1, -0.05) is 6.07 Å². The molecule has 0 aromatic heterocycles. The molecule has 0 spiro atoms. The van der Waals surface area contributed by atoms with Gasteiger partial charge in [-0.3, -0.25) is 4.79 Å². The summed E-state index contributed by atoms with van der Waals surface area (Å²) >= 11 is 0. The molecule has 1 aromatic rings. The predicted molar refractivity (Wildman–Crippen MR) is 66.8 cm³/mol. The highest BCUT2D eigenvalue weighted by Gasteiger charge is 2.16. The zero-order valence-corrected chi connectivity index (χ0v) is 9.98. The summed E-state index contributed by atoms with van der Waals surface area (Å²) in [4.78, 5) is 22.8. The maximum Gasteiger partial charge on any atom is 0.335 e. The lowest BCUT2D eigenvalue weighted by molar-refractivity contribution is 0.0697. The van der Waals surface area contributed by atoms with E-state index >= 15 is 0 Å². The molecule has 1 saturated heterocycles. The Balaban J connectivity index is 2.03. The zero-order chi connectivity index (χ0) is 13.0. The molecule has 0 saturated carbocycles. The SMILES string of the molecule is O=C(O)c1cccc(C(=O)NC2CCNCC2)c1. The van der Waals surface area contributed by atoms with E-state index in [0.717, 1.165) is 25.9 Å². The van der Waals surface area contributed by atoms with Gasteiger partial charge in [0.1, 0.15) is 0 Å². The summed E-state index contributed by atoms with van der Waals surface area (Å²) in [5, 5.41) is 15.0. The number of carboxylic acids is 1. The fourth-order valence-corrected chi connectivity index (χ4v) is 2.03. The second kappa shape index (κ2) is 5.64. The average Bonchev–Trinajstić information content (AvgIpc) is 2.40. The lowest BCUT2D eigenvalue weighted by atomic mass is 10.1. The van der Waals surface area contributed by atoms with Crippen molar-refractivity contribution < 1.29 is 14.7 Å². The topological polar surface area (TPSA) is 78.4 Å². The van der Waals surface area contributed by atoms with Gasteiger partial charge in [-0.2, -0.15) is 0 Å². The molecule has 0 atom stereocenters. The van der Waals surface area contributed by atoms with Crippen LogP contribution >= 0.6 is 0 Å². The van der Waals surface area contributed by atoms with Gasteiger partial charge < -0.3 is 15.7 Å². The first-order valence-corrected chi connectivity index (χ1v) is 6.02. The van der Waals surface area contributed by atoms with E-state index in [1.807, 2.05) is 0 Å². The Morgan fingerprint density at radius 1 is 1.22 bits per heavy atom. The van der Waals surface area contributed by atoms with Crippen LogP contribution in [0.1, 0.15) is 33.6 Å². The van der Waals surface area contributed by atoms with Gasteiger partial charge in [0.2, 0.25) is 0 Å². The van der Waals surface area contributed by atoms with Gasteiger partial charge in [-0.25, -0.2) is 4.79 Å². The molecule has 0 radical (unpaired) electrons. The van der Waals surface area contributed by atoms with Crippen molar-refractivity contribution in [2.45, 2.75) is 18.9 Å². The predicted octanol–water partition coefficient (Wildman–Crippen LogP) is 0.867. The van der Waals surface area contributed by atoms with Crippen LogP contribution in [0.4, 0.5) is 0 Å². The molecule has 1 aliphatic rings. The molecular formula is C13H16N2O3. The maximum absolute atomic E-state index is 12.0. The molecule has 2 rings (SSSR count). The fourth-order valence-electron chi connectivity index (χ4n) is 2.03. The molecule has 0 aliphatic carbocycles. The van der Waals surface area contributed by atoms with E-state index in [1.165, 1.54) is 12.1 Å². The van der Waals surface area contributed by atoms with E-state index in [2.05, 4.69) is 10.6 Å². The lowest BCUT2D eigenvalue weighted by Crippen LogP contribution is -2.42. The van der Waals surface area contributed by atoms with Crippen LogP contribution in [0.5, 0.6) is 0 Å². The number of piperidine rings is 1. The van der Waals surface area contributed by atoms with Crippen LogP contribution in [0, 0.1) is 0 Å². The highest BCUT2D eigenvalue weighted by Crippen LogP contribution is 2.08. The van der Waals surface area contributed by atoms with Crippen LogP contribution in [-0.4, -0.2) is 36.1 Å². The summed E-state index contributed by atoms with van der Waals surface area (Å²) in [7, 11) is 0. The molecular weight excluding hydrogens is 232 g/mol. The summed E-state index contributed by atoms with van der Waals surface area (Å²) < 4.78 is 0. The highest BCUT2D eigenvalue weighted by molar-refractivity contribution is 5.97. The second-order valence-electron chi connectivity index (χ2n) is 4.38. The second-order valence-corrected chi connectivity index (χ2v) is 4.38. The van der Waals surface area contributed by atoms with Crippen molar-refractivity contribution in [3.8, 4) is 0 Å². The molecule has 3 N–H and O–H groups in total. The molecule has 1 amide bonds. The van der Waals surface area contributed by atoms with E-state index in [-0.39, 0.29) is 17.5 Å². The number of benzene rings is 1. The number of amides is 1. The number of hydrogen-bond donors (Lipinski definition) is 3. The monoisotopic (exact) mass is 248 g/mol. The van der Waals surface area contributed by atoms with Gasteiger partial charge >= 0.3 is 5.97 Å². The number of carbonyl (C=O) groups excluding carboxylic acids is 1. The number of carbonyl (C=O) groups is 2. The number of nitrogens with one attached hydrogen (secondary N) is 2. The highest BCUT2D eigenvalue weighted by atomic mass is 16.4. The molecule has 0 unspecified atom stereocenters. The summed E-state index contributed by atoms with van der Waals surface area (Å²) in [6.45, 7) is 1.81.